The largest absolute Gasteiger partial charge is 0.384 e. The number of hydrogen-bond acceptors (Lipinski definition) is 1. The Bertz CT molecular complexity index is 605. The molecule has 1 N–H and O–H groups in total. The number of benzene rings is 2. The summed E-state index contributed by atoms with van der Waals surface area (Å²) >= 11 is 11.9. The SMILES string of the molecule is OC(c1ccc(Cl)c(Cl)c1)c1ccccc1C1CC1. The molecule has 0 amide bonds. The molecule has 0 spiro atoms. The van der Waals surface area contributed by atoms with Crippen LogP contribution in [0.15, 0.2) is 42.5 Å². The zero-order valence-electron chi connectivity index (χ0n) is 10.3. The molecule has 0 saturated heterocycles. The minimum Gasteiger partial charge on any atom is -0.384 e. The summed E-state index contributed by atoms with van der Waals surface area (Å²) in [5.41, 5.74) is 3.01. The Kier molecular flexibility index (Phi) is 3.53. The van der Waals surface area contributed by atoms with Crippen molar-refractivity contribution in [3.8, 4) is 0 Å². The number of rotatable bonds is 3. The standard InChI is InChI=1S/C16H14Cl2O/c17-14-8-7-11(9-15(14)18)16(19)13-4-2-1-3-12(13)10-5-6-10/h1-4,7-10,16,19H,5-6H2. The zero-order valence-corrected chi connectivity index (χ0v) is 11.8. The Morgan fingerprint density at radius 2 is 1.74 bits per heavy atom. The molecule has 1 aliphatic rings. The first kappa shape index (κ1) is 13.0. The molecule has 0 heterocycles. The summed E-state index contributed by atoms with van der Waals surface area (Å²) in [6.07, 6.45) is 1.78. The molecule has 2 aromatic carbocycles. The smallest absolute Gasteiger partial charge is 0.104 e. The average molecular weight is 293 g/mol. The fraction of sp³-hybridized carbons (Fsp3) is 0.250. The van der Waals surface area contributed by atoms with Crippen molar-refractivity contribution in [2.75, 3.05) is 0 Å². The van der Waals surface area contributed by atoms with Crippen molar-refractivity contribution in [3.05, 3.63) is 69.2 Å². The lowest BCUT2D eigenvalue weighted by Gasteiger charge is -2.16. The Labute approximate surface area is 122 Å². The Morgan fingerprint density at radius 3 is 2.42 bits per heavy atom. The molecule has 98 valence electrons. The predicted octanol–water partition coefficient (Wildman–Crippen LogP) is 4.95. The van der Waals surface area contributed by atoms with Crippen LogP contribution in [0.3, 0.4) is 0 Å². The van der Waals surface area contributed by atoms with E-state index in [1.54, 1.807) is 12.1 Å². The summed E-state index contributed by atoms with van der Waals surface area (Å²) in [7, 11) is 0. The molecule has 0 radical (unpaired) electrons. The van der Waals surface area contributed by atoms with Gasteiger partial charge in [-0.15, -0.1) is 0 Å². The van der Waals surface area contributed by atoms with Crippen LogP contribution in [0.5, 0.6) is 0 Å². The molecule has 0 bridgehead atoms. The van der Waals surface area contributed by atoms with Gasteiger partial charge in [0.05, 0.1) is 10.0 Å². The summed E-state index contributed by atoms with van der Waals surface area (Å²) in [4.78, 5) is 0. The highest BCUT2D eigenvalue weighted by Crippen LogP contribution is 2.44. The second-order valence-electron chi connectivity index (χ2n) is 4.98. The molecule has 1 fully saturated rings. The summed E-state index contributed by atoms with van der Waals surface area (Å²) in [5.74, 6) is 0.605. The van der Waals surface area contributed by atoms with Gasteiger partial charge < -0.3 is 5.11 Å². The minimum atomic E-state index is -0.647. The molecule has 1 nitrogen and oxygen atoms in total. The fourth-order valence-electron chi connectivity index (χ4n) is 2.39. The van der Waals surface area contributed by atoms with Crippen molar-refractivity contribution in [1.82, 2.24) is 0 Å². The molecule has 0 aliphatic heterocycles. The van der Waals surface area contributed by atoms with Crippen LogP contribution < -0.4 is 0 Å². The second-order valence-corrected chi connectivity index (χ2v) is 5.79. The van der Waals surface area contributed by atoms with Crippen molar-refractivity contribution in [2.45, 2.75) is 24.9 Å². The lowest BCUT2D eigenvalue weighted by Crippen LogP contribution is -2.03. The van der Waals surface area contributed by atoms with Crippen LogP contribution in [-0.2, 0) is 0 Å². The quantitative estimate of drug-likeness (QED) is 0.848. The maximum atomic E-state index is 10.6. The summed E-state index contributed by atoms with van der Waals surface area (Å²) < 4.78 is 0. The van der Waals surface area contributed by atoms with Crippen molar-refractivity contribution < 1.29 is 5.11 Å². The van der Waals surface area contributed by atoms with Gasteiger partial charge in [0.2, 0.25) is 0 Å². The maximum absolute atomic E-state index is 10.6. The van der Waals surface area contributed by atoms with Crippen LogP contribution in [0.2, 0.25) is 10.0 Å². The van der Waals surface area contributed by atoms with Gasteiger partial charge >= 0.3 is 0 Å². The Hall–Kier alpha value is -1.02. The molecule has 1 aliphatic carbocycles. The minimum absolute atomic E-state index is 0.474. The van der Waals surface area contributed by atoms with Gasteiger partial charge in [0.15, 0.2) is 0 Å². The molecule has 2 aromatic rings. The summed E-state index contributed by atoms with van der Waals surface area (Å²) in [6, 6.07) is 13.4. The van der Waals surface area contributed by atoms with Crippen molar-refractivity contribution >= 4 is 23.2 Å². The third-order valence-corrected chi connectivity index (χ3v) is 4.31. The summed E-state index contributed by atoms with van der Waals surface area (Å²) in [6.45, 7) is 0. The van der Waals surface area contributed by atoms with E-state index in [1.807, 2.05) is 24.3 Å². The third kappa shape index (κ3) is 2.64. The number of halogens is 2. The van der Waals surface area contributed by atoms with E-state index >= 15 is 0 Å². The highest BCUT2D eigenvalue weighted by Gasteiger charge is 2.28. The first-order valence-electron chi connectivity index (χ1n) is 6.38. The second kappa shape index (κ2) is 5.16. The summed E-state index contributed by atoms with van der Waals surface area (Å²) in [5, 5.41) is 11.5. The van der Waals surface area contributed by atoms with Gasteiger partial charge in [0.25, 0.3) is 0 Å². The average Bonchev–Trinajstić information content (AvgIpc) is 3.25. The number of aliphatic hydroxyl groups is 1. The van der Waals surface area contributed by atoms with Crippen molar-refractivity contribution in [1.29, 1.82) is 0 Å². The van der Waals surface area contributed by atoms with Gasteiger partial charge in [0, 0.05) is 0 Å². The van der Waals surface area contributed by atoms with E-state index in [2.05, 4.69) is 6.07 Å². The van der Waals surface area contributed by atoms with Gasteiger partial charge in [-0.25, -0.2) is 0 Å². The Balaban J connectivity index is 1.99. The molecule has 1 unspecified atom stereocenters. The lowest BCUT2D eigenvalue weighted by atomic mass is 9.94. The first-order valence-corrected chi connectivity index (χ1v) is 7.14. The lowest BCUT2D eigenvalue weighted by molar-refractivity contribution is 0.219. The van der Waals surface area contributed by atoms with Crippen LogP contribution in [0, 0.1) is 0 Å². The maximum Gasteiger partial charge on any atom is 0.104 e. The zero-order chi connectivity index (χ0) is 13.4. The van der Waals surface area contributed by atoms with Crippen molar-refractivity contribution in [3.63, 3.8) is 0 Å². The van der Waals surface area contributed by atoms with Gasteiger partial charge in [-0.1, -0.05) is 53.5 Å². The van der Waals surface area contributed by atoms with Crippen LogP contribution in [0.1, 0.15) is 41.6 Å². The predicted molar refractivity (Wildman–Crippen MR) is 78.9 cm³/mol. The van der Waals surface area contributed by atoms with E-state index in [0.29, 0.717) is 16.0 Å². The van der Waals surface area contributed by atoms with E-state index in [9.17, 15) is 5.11 Å². The van der Waals surface area contributed by atoms with E-state index in [1.165, 1.54) is 18.4 Å². The molecule has 19 heavy (non-hydrogen) atoms. The van der Waals surface area contributed by atoms with Crippen LogP contribution in [0.25, 0.3) is 0 Å². The molecule has 0 aromatic heterocycles. The monoisotopic (exact) mass is 292 g/mol. The topological polar surface area (TPSA) is 20.2 Å². The van der Waals surface area contributed by atoms with E-state index in [4.69, 9.17) is 23.2 Å². The van der Waals surface area contributed by atoms with Gasteiger partial charge in [-0.3, -0.25) is 0 Å². The van der Waals surface area contributed by atoms with Gasteiger partial charge in [-0.2, -0.15) is 0 Å². The first-order chi connectivity index (χ1) is 9.16. The number of aliphatic hydroxyl groups excluding tert-OH is 1. The number of hydrogen-bond donors (Lipinski definition) is 1. The van der Waals surface area contributed by atoms with Crippen LogP contribution >= 0.6 is 23.2 Å². The van der Waals surface area contributed by atoms with E-state index in [0.717, 1.165) is 11.1 Å². The van der Waals surface area contributed by atoms with Crippen LogP contribution in [0.4, 0.5) is 0 Å². The molecule has 3 heteroatoms. The highest BCUT2D eigenvalue weighted by molar-refractivity contribution is 6.42. The highest BCUT2D eigenvalue weighted by atomic mass is 35.5. The van der Waals surface area contributed by atoms with Gasteiger partial charge in [-0.05, 0) is 47.6 Å². The van der Waals surface area contributed by atoms with Crippen molar-refractivity contribution in [2.24, 2.45) is 0 Å². The third-order valence-electron chi connectivity index (χ3n) is 3.57. The molecule has 1 atom stereocenters. The van der Waals surface area contributed by atoms with Gasteiger partial charge in [0.1, 0.15) is 6.10 Å². The Morgan fingerprint density at radius 1 is 1.00 bits per heavy atom. The molecule has 3 rings (SSSR count). The normalized spacial score (nSPS) is 16.4. The van der Waals surface area contributed by atoms with E-state index in [-0.39, 0.29) is 0 Å². The fourth-order valence-corrected chi connectivity index (χ4v) is 2.69. The van der Waals surface area contributed by atoms with Crippen LogP contribution in [-0.4, -0.2) is 5.11 Å². The molecular weight excluding hydrogens is 279 g/mol. The molecule has 1 saturated carbocycles. The van der Waals surface area contributed by atoms with E-state index < -0.39 is 6.10 Å². The molecular formula is C16H14Cl2O.